The number of ether oxygens (including phenoxy) is 2. The highest BCUT2D eigenvalue weighted by Gasteiger charge is 2.36. The largest absolute Gasteiger partial charge is 0.394 e. The van der Waals surface area contributed by atoms with Crippen LogP contribution < -0.4 is 0 Å². The van der Waals surface area contributed by atoms with Crippen LogP contribution in [-0.2, 0) is 16.1 Å². The molecule has 1 aliphatic rings. The fourth-order valence-electron chi connectivity index (χ4n) is 1.94. The molecule has 0 radical (unpaired) electrons. The molecule has 1 aromatic carbocycles. The molecule has 1 aliphatic heterocycles. The van der Waals surface area contributed by atoms with Crippen molar-refractivity contribution in [3.63, 3.8) is 0 Å². The molecule has 2 rings (SSSR count). The Morgan fingerprint density at radius 2 is 1.94 bits per heavy atom. The molecule has 0 unspecified atom stereocenters. The van der Waals surface area contributed by atoms with Crippen molar-refractivity contribution in [3.05, 3.63) is 35.9 Å². The summed E-state index contributed by atoms with van der Waals surface area (Å²) in [5.41, 5.74) is 1.00. The Kier molecular flexibility index (Phi) is 4.68. The van der Waals surface area contributed by atoms with E-state index in [9.17, 15) is 10.2 Å². The van der Waals surface area contributed by atoms with Crippen molar-refractivity contribution < 1.29 is 24.8 Å². The highest BCUT2D eigenvalue weighted by molar-refractivity contribution is 5.13. The maximum absolute atomic E-state index is 9.63. The summed E-state index contributed by atoms with van der Waals surface area (Å²) in [5, 5.41) is 28.2. The third-order valence-corrected chi connectivity index (χ3v) is 2.99. The van der Waals surface area contributed by atoms with Crippen molar-refractivity contribution in [2.24, 2.45) is 0 Å². The van der Waals surface area contributed by atoms with E-state index in [1.807, 2.05) is 30.3 Å². The van der Waals surface area contributed by atoms with Crippen molar-refractivity contribution in [2.45, 2.75) is 37.6 Å². The molecule has 100 valence electrons. The van der Waals surface area contributed by atoms with Crippen LogP contribution in [0.25, 0.3) is 0 Å². The molecule has 0 bridgehead atoms. The van der Waals surface area contributed by atoms with E-state index in [2.05, 4.69) is 0 Å². The number of aliphatic hydroxyl groups excluding tert-OH is 3. The van der Waals surface area contributed by atoms with Crippen LogP contribution in [0.15, 0.2) is 30.3 Å². The summed E-state index contributed by atoms with van der Waals surface area (Å²) < 4.78 is 10.9. The number of benzene rings is 1. The highest BCUT2D eigenvalue weighted by Crippen LogP contribution is 2.21. The SMILES string of the molecule is OC[C@H]1O[C@@H](OCc2ccccc2)C[C@@H](O)[C@@H]1O. The fraction of sp³-hybridized carbons (Fsp3) is 0.538. The van der Waals surface area contributed by atoms with Gasteiger partial charge in [0.2, 0.25) is 0 Å². The predicted molar refractivity (Wildman–Crippen MR) is 63.6 cm³/mol. The van der Waals surface area contributed by atoms with Crippen LogP contribution in [0.1, 0.15) is 12.0 Å². The molecule has 0 spiro atoms. The molecular formula is C13H18O5. The van der Waals surface area contributed by atoms with E-state index in [1.165, 1.54) is 0 Å². The lowest BCUT2D eigenvalue weighted by Crippen LogP contribution is -2.50. The van der Waals surface area contributed by atoms with Crippen LogP contribution in [0.5, 0.6) is 0 Å². The third-order valence-electron chi connectivity index (χ3n) is 2.99. The van der Waals surface area contributed by atoms with Gasteiger partial charge in [0.1, 0.15) is 12.2 Å². The molecule has 4 atom stereocenters. The molecule has 18 heavy (non-hydrogen) atoms. The van der Waals surface area contributed by atoms with Gasteiger partial charge in [-0.1, -0.05) is 30.3 Å². The summed E-state index contributed by atoms with van der Waals surface area (Å²) in [5.74, 6) is 0. The van der Waals surface area contributed by atoms with Gasteiger partial charge in [-0.25, -0.2) is 0 Å². The Balaban J connectivity index is 1.86. The first-order valence-electron chi connectivity index (χ1n) is 5.98. The van der Waals surface area contributed by atoms with Gasteiger partial charge in [0.25, 0.3) is 0 Å². The quantitative estimate of drug-likeness (QED) is 0.706. The smallest absolute Gasteiger partial charge is 0.161 e. The van der Waals surface area contributed by atoms with Gasteiger partial charge in [-0.3, -0.25) is 0 Å². The van der Waals surface area contributed by atoms with Gasteiger partial charge in [0.05, 0.1) is 19.3 Å². The van der Waals surface area contributed by atoms with Crippen molar-refractivity contribution in [2.75, 3.05) is 6.61 Å². The molecule has 0 aromatic heterocycles. The van der Waals surface area contributed by atoms with Gasteiger partial charge < -0.3 is 24.8 Å². The lowest BCUT2D eigenvalue weighted by molar-refractivity contribution is -0.260. The average molecular weight is 254 g/mol. The molecule has 1 aromatic rings. The first-order valence-corrected chi connectivity index (χ1v) is 5.98. The van der Waals surface area contributed by atoms with Crippen LogP contribution in [0.3, 0.4) is 0 Å². The van der Waals surface area contributed by atoms with Gasteiger partial charge in [0.15, 0.2) is 6.29 Å². The minimum Gasteiger partial charge on any atom is -0.394 e. The lowest BCUT2D eigenvalue weighted by Gasteiger charge is -2.36. The zero-order valence-electron chi connectivity index (χ0n) is 9.98. The van der Waals surface area contributed by atoms with Gasteiger partial charge in [0, 0.05) is 6.42 Å². The second-order valence-electron chi connectivity index (χ2n) is 4.38. The fourth-order valence-corrected chi connectivity index (χ4v) is 1.94. The summed E-state index contributed by atoms with van der Waals surface area (Å²) in [6.07, 6.45) is -3.21. The molecule has 1 saturated heterocycles. The molecule has 0 amide bonds. The standard InChI is InChI=1S/C13H18O5/c14-7-11-13(16)10(15)6-12(18-11)17-8-9-4-2-1-3-5-9/h1-5,10-16H,6-8H2/t10-,11-,12-,13+/m1/s1. The van der Waals surface area contributed by atoms with Crippen molar-refractivity contribution in [1.82, 2.24) is 0 Å². The van der Waals surface area contributed by atoms with Gasteiger partial charge >= 0.3 is 0 Å². The van der Waals surface area contributed by atoms with Crippen molar-refractivity contribution in [3.8, 4) is 0 Å². The van der Waals surface area contributed by atoms with Crippen LogP contribution in [0.2, 0.25) is 0 Å². The monoisotopic (exact) mass is 254 g/mol. The Morgan fingerprint density at radius 1 is 1.22 bits per heavy atom. The second kappa shape index (κ2) is 6.26. The summed E-state index contributed by atoms with van der Waals surface area (Å²) in [7, 11) is 0. The van der Waals surface area contributed by atoms with E-state index < -0.39 is 24.6 Å². The lowest BCUT2D eigenvalue weighted by atomic mass is 10.0. The zero-order valence-corrected chi connectivity index (χ0v) is 9.98. The van der Waals surface area contributed by atoms with Crippen molar-refractivity contribution in [1.29, 1.82) is 0 Å². The number of aliphatic hydroxyl groups is 3. The Labute approximate surface area is 106 Å². The van der Waals surface area contributed by atoms with E-state index in [0.29, 0.717) is 6.61 Å². The summed E-state index contributed by atoms with van der Waals surface area (Å²) >= 11 is 0. The number of rotatable bonds is 4. The number of hydrogen-bond acceptors (Lipinski definition) is 5. The Hall–Kier alpha value is -0.980. The van der Waals surface area contributed by atoms with Crippen molar-refractivity contribution >= 4 is 0 Å². The van der Waals surface area contributed by atoms with E-state index in [0.717, 1.165) is 5.56 Å². The Bertz CT molecular complexity index is 356. The molecule has 5 heteroatoms. The highest BCUT2D eigenvalue weighted by atomic mass is 16.7. The number of hydrogen-bond donors (Lipinski definition) is 3. The van der Waals surface area contributed by atoms with Gasteiger partial charge in [-0.2, -0.15) is 0 Å². The van der Waals surface area contributed by atoms with Crippen LogP contribution >= 0.6 is 0 Å². The minimum atomic E-state index is -1.06. The second-order valence-corrected chi connectivity index (χ2v) is 4.38. The normalized spacial score (nSPS) is 32.4. The zero-order chi connectivity index (χ0) is 13.0. The summed E-state index contributed by atoms with van der Waals surface area (Å²) in [6.45, 7) is 0.0237. The maximum atomic E-state index is 9.63. The molecule has 0 saturated carbocycles. The third kappa shape index (κ3) is 3.28. The Morgan fingerprint density at radius 3 is 2.61 bits per heavy atom. The van der Waals surface area contributed by atoms with Gasteiger partial charge in [-0.05, 0) is 5.56 Å². The first-order chi connectivity index (χ1) is 8.70. The summed E-state index contributed by atoms with van der Waals surface area (Å²) in [4.78, 5) is 0. The van der Waals surface area contributed by atoms with E-state index in [4.69, 9.17) is 14.6 Å². The van der Waals surface area contributed by atoms with E-state index in [1.54, 1.807) is 0 Å². The van der Waals surface area contributed by atoms with Gasteiger partial charge in [-0.15, -0.1) is 0 Å². The molecule has 0 aliphatic carbocycles. The molecular weight excluding hydrogens is 236 g/mol. The van der Waals surface area contributed by atoms with Crippen LogP contribution in [0, 0.1) is 0 Å². The average Bonchev–Trinajstić information content (AvgIpc) is 2.41. The van der Waals surface area contributed by atoms with E-state index in [-0.39, 0.29) is 13.0 Å². The molecule has 3 N–H and O–H groups in total. The molecule has 5 nitrogen and oxygen atoms in total. The topological polar surface area (TPSA) is 79.2 Å². The predicted octanol–water partition coefficient (Wildman–Crippen LogP) is 0.0323. The van der Waals surface area contributed by atoms with Crippen LogP contribution in [-0.4, -0.2) is 46.5 Å². The van der Waals surface area contributed by atoms with E-state index >= 15 is 0 Å². The molecule has 1 fully saturated rings. The van der Waals surface area contributed by atoms with Crippen LogP contribution in [0.4, 0.5) is 0 Å². The minimum absolute atomic E-state index is 0.199. The first kappa shape index (κ1) is 13.5. The maximum Gasteiger partial charge on any atom is 0.161 e. The molecule has 1 heterocycles. The summed E-state index contributed by atoms with van der Waals surface area (Å²) in [6, 6.07) is 9.60.